The molecule has 1 fully saturated rings. The van der Waals surface area contributed by atoms with E-state index in [1.165, 1.54) is 16.4 Å². The van der Waals surface area contributed by atoms with Crippen LogP contribution in [0.25, 0.3) is 0 Å². The molecule has 2 aromatic carbocycles. The molecular formula is C21H26Cl2N4O3S. The predicted octanol–water partition coefficient (Wildman–Crippen LogP) is 2.68. The van der Waals surface area contributed by atoms with Crippen LogP contribution in [-0.4, -0.2) is 70.3 Å². The summed E-state index contributed by atoms with van der Waals surface area (Å²) in [4.78, 5) is 16.2. The van der Waals surface area contributed by atoms with Crippen LogP contribution in [0.4, 0.5) is 5.69 Å². The summed E-state index contributed by atoms with van der Waals surface area (Å²) in [5.41, 5.74) is 2.12. The first kappa shape index (κ1) is 23.8. The molecule has 1 heterocycles. The second kappa shape index (κ2) is 10.2. The predicted molar refractivity (Wildman–Crippen MR) is 124 cm³/mol. The summed E-state index contributed by atoms with van der Waals surface area (Å²) in [5.74, 6) is -0.0952. The van der Waals surface area contributed by atoms with Crippen LogP contribution >= 0.6 is 23.2 Å². The van der Waals surface area contributed by atoms with E-state index < -0.39 is 10.0 Å². The number of hydrogen-bond acceptors (Lipinski definition) is 5. The van der Waals surface area contributed by atoms with Crippen molar-refractivity contribution in [1.29, 1.82) is 0 Å². The fourth-order valence-corrected chi connectivity index (χ4v) is 5.87. The maximum absolute atomic E-state index is 12.9. The Balaban J connectivity index is 1.50. The molecule has 1 aliphatic heterocycles. The largest absolute Gasteiger partial charge is 0.378 e. The number of sulfonamides is 1. The molecule has 31 heavy (non-hydrogen) atoms. The number of halogens is 2. The van der Waals surface area contributed by atoms with Crippen molar-refractivity contribution < 1.29 is 13.2 Å². The number of hydrogen-bond donors (Lipinski definition) is 1. The Morgan fingerprint density at radius 2 is 1.58 bits per heavy atom. The lowest BCUT2D eigenvalue weighted by molar-refractivity contribution is -0.122. The molecule has 7 nitrogen and oxygen atoms in total. The zero-order valence-electron chi connectivity index (χ0n) is 17.5. The fraction of sp³-hybridized carbons (Fsp3) is 0.381. The van der Waals surface area contributed by atoms with E-state index in [0.717, 1.165) is 11.3 Å². The van der Waals surface area contributed by atoms with E-state index in [0.29, 0.717) is 19.6 Å². The number of rotatable bonds is 7. The molecule has 1 saturated heterocycles. The molecule has 0 bridgehead atoms. The van der Waals surface area contributed by atoms with Gasteiger partial charge in [0.25, 0.3) is 0 Å². The number of benzene rings is 2. The van der Waals surface area contributed by atoms with Crippen LogP contribution in [0.1, 0.15) is 5.56 Å². The first-order valence-corrected chi connectivity index (χ1v) is 12.1. The van der Waals surface area contributed by atoms with Crippen LogP contribution < -0.4 is 10.2 Å². The lowest BCUT2D eigenvalue weighted by atomic mass is 10.2. The van der Waals surface area contributed by atoms with Crippen molar-refractivity contribution in [3.05, 3.63) is 58.1 Å². The van der Waals surface area contributed by atoms with Gasteiger partial charge in [-0.3, -0.25) is 9.69 Å². The maximum atomic E-state index is 12.9. The highest BCUT2D eigenvalue weighted by molar-refractivity contribution is 7.89. The summed E-state index contributed by atoms with van der Waals surface area (Å²) in [6.07, 6.45) is 0. The third kappa shape index (κ3) is 5.90. The van der Waals surface area contributed by atoms with E-state index in [4.69, 9.17) is 23.2 Å². The van der Waals surface area contributed by atoms with Crippen molar-refractivity contribution in [3.63, 3.8) is 0 Å². The highest BCUT2D eigenvalue weighted by atomic mass is 35.5. The monoisotopic (exact) mass is 484 g/mol. The van der Waals surface area contributed by atoms with E-state index in [2.05, 4.69) is 5.32 Å². The first-order valence-electron chi connectivity index (χ1n) is 9.88. The molecule has 0 aliphatic carbocycles. The van der Waals surface area contributed by atoms with Gasteiger partial charge in [0, 0.05) is 52.5 Å². The van der Waals surface area contributed by atoms with Crippen molar-refractivity contribution in [1.82, 2.24) is 14.5 Å². The fourth-order valence-electron chi connectivity index (χ4n) is 3.36. The van der Waals surface area contributed by atoms with Crippen LogP contribution in [0.15, 0.2) is 47.4 Å². The van der Waals surface area contributed by atoms with Gasteiger partial charge < -0.3 is 10.2 Å². The third-order valence-corrected chi connectivity index (χ3v) is 8.01. The maximum Gasteiger partial charge on any atom is 0.246 e. The van der Waals surface area contributed by atoms with Crippen LogP contribution in [0.5, 0.6) is 0 Å². The van der Waals surface area contributed by atoms with Gasteiger partial charge in [-0.15, -0.1) is 0 Å². The summed E-state index contributed by atoms with van der Waals surface area (Å²) in [6.45, 7) is 2.10. The lowest BCUT2D eigenvalue weighted by Crippen LogP contribution is -2.51. The number of nitrogens with one attached hydrogen (secondary N) is 1. The highest BCUT2D eigenvalue weighted by Gasteiger charge is 2.32. The van der Waals surface area contributed by atoms with Crippen LogP contribution in [-0.2, 0) is 21.4 Å². The molecule has 0 unspecified atom stereocenters. The molecule has 0 radical (unpaired) electrons. The van der Waals surface area contributed by atoms with Crippen molar-refractivity contribution in [3.8, 4) is 0 Å². The van der Waals surface area contributed by atoms with E-state index in [1.807, 2.05) is 48.2 Å². The van der Waals surface area contributed by atoms with Crippen molar-refractivity contribution in [2.75, 3.05) is 51.7 Å². The number of piperazine rings is 1. The van der Waals surface area contributed by atoms with Crippen LogP contribution in [0.2, 0.25) is 10.0 Å². The minimum Gasteiger partial charge on any atom is -0.378 e. The zero-order valence-corrected chi connectivity index (χ0v) is 19.8. The smallest absolute Gasteiger partial charge is 0.246 e. The van der Waals surface area contributed by atoms with Crippen LogP contribution in [0, 0.1) is 0 Å². The molecule has 2 aromatic rings. The molecule has 1 N–H and O–H groups in total. The van der Waals surface area contributed by atoms with Crippen molar-refractivity contribution in [2.45, 2.75) is 11.4 Å². The highest BCUT2D eigenvalue weighted by Crippen LogP contribution is 2.31. The number of anilines is 1. The zero-order chi connectivity index (χ0) is 22.6. The quantitative estimate of drug-likeness (QED) is 0.653. The second-order valence-corrected chi connectivity index (χ2v) is 10.3. The third-order valence-electron chi connectivity index (χ3n) is 5.16. The summed E-state index contributed by atoms with van der Waals surface area (Å²) < 4.78 is 27.2. The Morgan fingerprint density at radius 3 is 2.13 bits per heavy atom. The molecule has 0 atom stereocenters. The Labute approximate surface area is 193 Å². The number of carbonyl (C=O) groups excluding carboxylic acids is 1. The molecule has 1 amide bonds. The Kier molecular flexibility index (Phi) is 7.82. The Morgan fingerprint density at radius 1 is 1.00 bits per heavy atom. The van der Waals surface area contributed by atoms with Gasteiger partial charge in [-0.2, -0.15) is 4.31 Å². The van der Waals surface area contributed by atoms with Crippen molar-refractivity contribution in [2.24, 2.45) is 0 Å². The van der Waals surface area contributed by atoms with E-state index in [-0.39, 0.29) is 40.5 Å². The molecule has 0 saturated carbocycles. The molecule has 0 spiro atoms. The molecule has 0 aromatic heterocycles. The van der Waals surface area contributed by atoms with Gasteiger partial charge in [0.1, 0.15) is 4.90 Å². The van der Waals surface area contributed by atoms with E-state index in [9.17, 15) is 13.2 Å². The van der Waals surface area contributed by atoms with Gasteiger partial charge in [-0.1, -0.05) is 41.4 Å². The van der Waals surface area contributed by atoms with E-state index >= 15 is 0 Å². The lowest BCUT2D eigenvalue weighted by Gasteiger charge is -2.33. The number of carbonyl (C=O) groups is 1. The number of nitrogens with zero attached hydrogens (tertiary/aromatic N) is 3. The van der Waals surface area contributed by atoms with Gasteiger partial charge in [-0.05, 0) is 29.8 Å². The van der Waals surface area contributed by atoms with Gasteiger partial charge in [0.15, 0.2) is 0 Å². The molecule has 3 rings (SSSR count). The average Bonchev–Trinajstić information content (AvgIpc) is 2.72. The first-order chi connectivity index (χ1) is 14.7. The molecule has 10 heteroatoms. The molecule has 1 aliphatic rings. The standard InChI is InChI=1S/C21H26Cl2N4O3S/c1-25(2)17-8-6-16(7-9-17)14-24-20(28)15-26-10-12-27(13-11-26)31(29,30)21-18(22)4-3-5-19(21)23/h3-9H,10-15H2,1-2H3,(H,24,28). The SMILES string of the molecule is CN(C)c1ccc(CNC(=O)CN2CCN(S(=O)(=O)c3c(Cl)cccc3Cl)CC2)cc1. The molecular weight excluding hydrogens is 459 g/mol. The average molecular weight is 485 g/mol. The van der Waals surface area contributed by atoms with Crippen LogP contribution in [0.3, 0.4) is 0 Å². The minimum atomic E-state index is -3.79. The van der Waals surface area contributed by atoms with Gasteiger partial charge >= 0.3 is 0 Å². The second-order valence-electron chi connectivity index (χ2n) is 7.57. The van der Waals surface area contributed by atoms with E-state index in [1.54, 1.807) is 6.07 Å². The summed E-state index contributed by atoms with van der Waals surface area (Å²) in [6, 6.07) is 12.6. The Bertz CT molecular complexity index is 1000. The normalized spacial score (nSPS) is 15.6. The summed E-state index contributed by atoms with van der Waals surface area (Å²) in [7, 11) is 0.162. The van der Waals surface area contributed by atoms with Gasteiger partial charge in [0.05, 0.1) is 16.6 Å². The minimum absolute atomic E-state index is 0.0650. The summed E-state index contributed by atoms with van der Waals surface area (Å²) in [5, 5.41) is 3.13. The summed E-state index contributed by atoms with van der Waals surface area (Å²) >= 11 is 12.2. The van der Waals surface area contributed by atoms with Gasteiger partial charge in [0.2, 0.25) is 15.9 Å². The van der Waals surface area contributed by atoms with Gasteiger partial charge in [-0.25, -0.2) is 8.42 Å². The van der Waals surface area contributed by atoms with Crippen molar-refractivity contribution >= 4 is 44.8 Å². The topological polar surface area (TPSA) is 73.0 Å². The Hall–Kier alpha value is -1.84. The number of amides is 1. The molecule has 168 valence electrons.